The predicted molar refractivity (Wildman–Crippen MR) is 108 cm³/mol. The third-order valence-corrected chi connectivity index (χ3v) is 3.78. The molecule has 1 aromatic carbocycles. The van der Waals surface area contributed by atoms with Crippen molar-refractivity contribution in [2.45, 2.75) is 12.8 Å². The highest BCUT2D eigenvalue weighted by molar-refractivity contribution is 5.93. The first kappa shape index (κ1) is 22.7. The molecule has 2 amide bonds. The number of aromatic nitrogens is 1. The number of anilines is 1. The van der Waals surface area contributed by atoms with Crippen LogP contribution in [0.5, 0.6) is 11.6 Å². The normalized spacial score (nSPS) is 12.3. The second-order valence-electron chi connectivity index (χ2n) is 6.00. The van der Waals surface area contributed by atoms with E-state index in [1.54, 1.807) is 36.4 Å². The fourth-order valence-electron chi connectivity index (χ4n) is 2.27. The molecule has 4 N–H and O–H groups in total. The Morgan fingerprint density at radius 1 is 1.19 bits per heavy atom. The van der Waals surface area contributed by atoms with Gasteiger partial charge in [-0.05, 0) is 49.6 Å². The topological polar surface area (TPSA) is 106 Å². The van der Waals surface area contributed by atoms with Crippen molar-refractivity contribution in [2.24, 2.45) is 11.7 Å². The van der Waals surface area contributed by atoms with Crippen molar-refractivity contribution in [3.63, 3.8) is 0 Å². The van der Waals surface area contributed by atoms with Crippen LogP contribution in [0.1, 0.15) is 23.2 Å². The van der Waals surface area contributed by atoms with Gasteiger partial charge in [0.15, 0.2) is 0 Å². The highest BCUT2D eigenvalue weighted by Crippen LogP contribution is 2.27. The predicted octanol–water partition coefficient (Wildman–Crippen LogP) is 2.75. The quantitative estimate of drug-likeness (QED) is 0.617. The Morgan fingerprint density at radius 2 is 1.96 bits per heavy atom. The zero-order chi connectivity index (χ0) is 17.6. The standard InChI is InChI=1S/C18H20N4O3.2ClH/c19-18(24)13-2-1-3-15(8-13)25-17-7-6-14(10-21-17)22-16(23)11-20-9-12-4-5-12;;/h1-3,6-8,10,12,20H,4-5,9,11H2,(H2,19,24)(H,22,23);2*1H. The van der Waals surface area contributed by atoms with Gasteiger partial charge in [0.05, 0.1) is 18.4 Å². The van der Waals surface area contributed by atoms with Crippen molar-refractivity contribution in [1.82, 2.24) is 10.3 Å². The third kappa shape index (κ3) is 7.42. The number of carbonyl (C=O) groups is 2. The van der Waals surface area contributed by atoms with E-state index in [9.17, 15) is 9.59 Å². The molecule has 9 heteroatoms. The van der Waals surface area contributed by atoms with Crippen LogP contribution < -0.4 is 21.1 Å². The summed E-state index contributed by atoms with van der Waals surface area (Å²) in [5.41, 5.74) is 6.20. The lowest BCUT2D eigenvalue weighted by atomic mass is 10.2. The number of carbonyl (C=O) groups excluding carboxylic acids is 2. The van der Waals surface area contributed by atoms with E-state index in [0.717, 1.165) is 12.5 Å². The number of hydrogen-bond donors (Lipinski definition) is 3. The molecule has 1 fully saturated rings. The molecule has 0 spiro atoms. The fraction of sp³-hybridized carbons (Fsp3) is 0.278. The molecule has 0 saturated heterocycles. The Kier molecular flexibility index (Phi) is 9.00. The summed E-state index contributed by atoms with van der Waals surface area (Å²) in [7, 11) is 0. The minimum atomic E-state index is -0.522. The van der Waals surface area contributed by atoms with Crippen molar-refractivity contribution in [2.75, 3.05) is 18.4 Å². The van der Waals surface area contributed by atoms with Crippen LogP contribution in [-0.4, -0.2) is 29.9 Å². The van der Waals surface area contributed by atoms with Crippen molar-refractivity contribution in [3.05, 3.63) is 48.2 Å². The Hall–Kier alpha value is -2.35. The van der Waals surface area contributed by atoms with E-state index in [1.807, 2.05) is 0 Å². The van der Waals surface area contributed by atoms with Gasteiger partial charge in [-0.2, -0.15) is 0 Å². The maximum atomic E-state index is 11.8. The number of amides is 2. The van der Waals surface area contributed by atoms with Crippen LogP contribution in [0.4, 0.5) is 5.69 Å². The molecule has 0 atom stereocenters. The number of ether oxygens (including phenoxy) is 1. The minimum Gasteiger partial charge on any atom is -0.439 e. The maximum Gasteiger partial charge on any atom is 0.248 e. The van der Waals surface area contributed by atoms with E-state index in [4.69, 9.17) is 10.5 Å². The van der Waals surface area contributed by atoms with Gasteiger partial charge in [0.1, 0.15) is 5.75 Å². The Labute approximate surface area is 169 Å². The summed E-state index contributed by atoms with van der Waals surface area (Å²) in [4.78, 5) is 27.1. The van der Waals surface area contributed by atoms with Gasteiger partial charge in [0.25, 0.3) is 0 Å². The largest absolute Gasteiger partial charge is 0.439 e. The highest BCUT2D eigenvalue weighted by atomic mass is 35.5. The number of nitrogens with two attached hydrogens (primary N) is 1. The van der Waals surface area contributed by atoms with Gasteiger partial charge in [0.2, 0.25) is 17.7 Å². The lowest BCUT2D eigenvalue weighted by molar-refractivity contribution is -0.115. The smallest absolute Gasteiger partial charge is 0.248 e. The molecule has 1 aliphatic rings. The zero-order valence-corrected chi connectivity index (χ0v) is 16.1. The molecule has 3 rings (SSSR count). The summed E-state index contributed by atoms with van der Waals surface area (Å²) in [6.45, 7) is 1.18. The van der Waals surface area contributed by atoms with Gasteiger partial charge in [-0.25, -0.2) is 4.98 Å². The number of nitrogens with one attached hydrogen (secondary N) is 2. The van der Waals surface area contributed by atoms with Gasteiger partial charge in [-0.15, -0.1) is 24.8 Å². The van der Waals surface area contributed by atoms with Gasteiger partial charge < -0.3 is 21.1 Å². The second-order valence-corrected chi connectivity index (χ2v) is 6.00. The van der Waals surface area contributed by atoms with Crippen LogP contribution in [0.15, 0.2) is 42.6 Å². The van der Waals surface area contributed by atoms with Crippen molar-refractivity contribution in [3.8, 4) is 11.6 Å². The fourth-order valence-corrected chi connectivity index (χ4v) is 2.27. The van der Waals surface area contributed by atoms with E-state index in [-0.39, 0.29) is 37.3 Å². The number of pyridine rings is 1. The third-order valence-electron chi connectivity index (χ3n) is 3.78. The summed E-state index contributed by atoms with van der Waals surface area (Å²) >= 11 is 0. The molecule has 1 heterocycles. The molecule has 7 nitrogen and oxygen atoms in total. The molecule has 0 aliphatic heterocycles. The van der Waals surface area contributed by atoms with E-state index in [2.05, 4.69) is 15.6 Å². The number of nitrogens with zero attached hydrogens (tertiary/aromatic N) is 1. The van der Waals surface area contributed by atoms with Crippen LogP contribution in [0, 0.1) is 5.92 Å². The number of rotatable bonds is 8. The van der Waals surface area contributed by atoms with Gasteiger partial charge in [-0.1, -0.05) is 6.07 Å². The SMILES string of the molecule is Cl.Cl.NC(=O)c1cccc(Oc2ccc(NC(=O)CNCC3CC3)cn2)c1. The molecule has 1 saturated carbocycles. The van der Waals surface area contributed by atoms with Gasteiger partial charge in [0, 0.05) is 11.6 Å². The summed E-state index contributed by atoms with van der Waals surface area (Å²) < 4.78 is 5.58. The minimum absolute atomic E-state index is 0. The monoisotopic (exact) mass is 412 g/mol. The van der Waals surface area contributed by atoms with Crippen molar-refractivity contribution >= 4 is 42.3 Å². The van der Waals surface area contributed by atoms with Crippen LogP contribution in [0.25, 0.3) is 0 Å². The molecule has 0 radical (unpaired) electrons. The summed E-state index contributed by atoms with van der Waals surface area (Å²) in [6, 6.07) is 9.89. The Bertz CT molecular complexity index is 767. The first-order chi connectivity index (χ1) is 12.1. The summed E-state index contributed by atoms with van der Waals surface area (Å²) in [5.74, 6) is 0.923. The van der Waals surface area contributed by atoms with E-state index < -0.39 is 5.91 Å². The van der Waals surface area contributed by atoms with Crippen LogP contribution in [0.3, 0.4) is 0 Å². The van der Waals surface area contributed by atoms with E-state index in [0.29, 0.717) is 22.9 Å². The molecule has 0 bridgehead atoms. The van der Waals surface area contributed by atoms with Crippen molar-refractivity contribution in [1.29, 1.82) is 0 Å². The maximum absolute atomic E-state index is 11.8. The molecule has 2 aromatic rings. The van der Waals surface area contributed by atoms with Gasteiger partial charge in [-0.3, -0.25) is 9.59 Å². The average molecular weight is 413 g/mol. The van der Waals surface area contributed by atoms with Crippen LogP contribution in [-0.2, 0) is 4.79 Å². The molecule has 146 valence electrons. The van der Waals surface area contributed by atoms with E-state index >= 15 is 0 Å². The average Bonchev–Trinajstić information content (AvgIpc) is 3.41. The Balaban J connectivity index is 0.00000182. The first-order valence-corrected chi connectivity index (χ1v) is 8.14. The van der Waals surface area contributed by atoms with Gasteiger partial charge >= 0.3 is 0 Å². The molecule has 1 aliphatic carbocycles. The molecular weight excluding hydrogens is 391 g/mol. The summed E-state index contributed by atoms with van der Waals surface area (Å²) in [6.07, 6.45) is 4.02. The zero-order valence-electron chi connectivity index (χ0n) is 14.5. The van der Waals surface area contributed by atoms with Crippen LogP contribution >= 0.6 is 24.8 Å². The molecule has 27 heavy (non-hydrogen) atoms. The Morgan fingerprint density at radius 3 is 2.59 bits per heavy atom. The summed E-state index contributed by atoms with van der Waals surface area (Å²) in [5, 5.41) is 5.90. The number of halogens is 2. The van der Waals surface area contributed by atoms with E-state index in [1.165, 1.54) is 19.0 Å². The second kappa shape index (κ2) is 10.7. The molecule has 0 unspecified atom stereocenters. The van der Waals surface area contributed by atoms with Crippen molar-refractivity contribution < 1.29 is 14.3 Å². The lowest BCUT2D eigenvalue weighted by Crippen LogP contribution is -2.29. The molecular formula is C18H22Cl2N4O3. The highest BCUT2D eigenvalue weighted by Gasteiger charge is 2.20. The first-order valence-electron chi connectivity index (χ1n) is 8.14. The number of benzene rings is 1. The molecule has 1 aromatic heterocycles. The lowest BCUT2D eigenvalue weighted by Gasteiger charge is -2.08. The number of primary amides is 1. The van der Waals surface area contributed by atoms with Crippen LogP contribution in [0.2, 0.25) is 0 Å². The number of hydrogen-bond acceptors (Lipinski definition) is 5.